The molecule has 0 radical (unpaired) electrons. The van der Waals surface area contributed by atoms with Gasteiger partial charge in [0.15, 0.2) is 23.4 Å². The number of aromatic nitrogens is 3. The first-order valence-corrected chi connectivity index (χ1v) is 8.15. The van der Waals surface area contributed by atoms with Gasteiger partial charge in [0.25, 0.3) is 0 Å². The molecule has 2 heterocycles. The maximum Gasteiger partial charge on any atom is 0.192 e. The van der Waals surface area contributed by atoms with Crippen molar-refractivity contribution >= 4 is 0 Å². The summed E-state index contributed by atoms with van der Waals surface area (Å²) < 4.78 is 19.0. The molecule has 6 heteroatoms. The highest BCUT2D eigenvalue weighted by Crippen LogP contribution is 2.35. The van der Waals surface area contributed by atoms with Crippen LogP contribution >= 0.6 is 0 Å². The Bertz CT molecular complexity index is 874. The summed E-state index contributed by atoms with van der Waals surface area (Å²) in [6.45, 7) is 2.91. The largest absolute Gasteiger partial charge is 0.497 e. The first-order valence-electron chi connectivity index (χ1n) is 8.15. The third kappa shape index (κ3) is 3.15. The van der Waals surface area contributed by atoms with Crippen molar-refractivity contribution in [2.75, 3.05) is 13.7 Å². The molecule has 0 fully saturated rings. The molecule has 2 aromatic carbocycles. The third-order valence-corrected chi connectivity index (χ3v) is 4.09. The van der Waals surface area contributed by atoms with Gasteiger partial charge in [-0.3, -0.25) is 0 Å². The van der Waals surface area contributed by atoms with Gasteiger partial charge in [-0.05, 0) is 36.8 Å². The Hall–Kier alpha value is -3.02. The Labute approximate surface area is 146 Å². The standard InChI is InChI=1S/C19H19N3O3/c1-13-20-19(18-12-24-16-5-3-4-6-17(16)25-18)22(21-13)11-14-7-9-15(23-2)10-8-14/h3-10,18H,11-12H2,1-2H3/t18-/m1/s1. The Morgan fingerprint density at radius 1 is 1.12 bits per heavy atom. The lowest BCUT2D eigenvalue weighted by atomic mass is 10.2. The van der Waals surface area contributed by atoms with Crippen molar-refractivity contribution in [1.82, 2.24) is 14.8 Å². The summed E-state index contributed by atoms with van der Waals surface area (Å²) in [7, 11) is 1.66. The van der Waals surface area contributed by atoms with Gasteiger partial charge in [0.1, 0.15) is 18.2 Å². The number of ether oxygens (including phenoxy) is 3. The maximum atomic E-state index is 6.08. The van der Waals surface area contributed by atoms with Crippen molar-refractivity contribution in [3.8, 4) is 17.2 Å². The number of para-hydroxylation sites is 2. The lowest BCUT2D eigenvalue weighted by Gasteiger charge is -2.26. The van der Waals surface area contributed by atoms with Crippen molar-refractivity contribution in [3.63, 3.8) is 0 Å². The molecular formula is C19H19N3O3. The zero-order chi connectivity index (χ0) is 17.2. The van der Waals surface area contributed by atoms with E-state index in [1.165, 1.54) is 0 Å². The molecule has 1 aliphatic heterocycles. The van der Waals surface area contributed by atoms with Crippen LogP contribution in [0.2, 0.25) is 0 Å². The van der Waals surface area contributed by atoms with Crippen molar-refractivity contribution in [3.05, 3.63) is 65.7 Å². The summed E-state index contributed by atoms with van der Waals surface area (Å²) in [4.78, 5) is 4.56. The number of methoxy groups -OCH3 is 1. The van der Waals surface area contributed by atoms with Crippen LogP contribution in [-0.4, -0.2) is 28.5 Å². The molecule has 0 spiro atoms. The van der Waals surface area contributed by atoms with E-state index in [0.29, 0.717) is 19.0 Å². The van der Waals surface area contributed by atoms with Crippen molar-refractivity contribution in [1.29, 1.82) is 0 Å². The molecule has 1 aromatic heterocycles. The molecule has 3 aromatic rings. The van der Waals surface area contributed by atoms with E-state index in [1.54, 1.807) is 7.11 Å². The summed E-state index contributed by atoms with van der Waals surface area (Å²) >= 11 is 0. The number of rotatable bonds is 4. The average molecular weight is 337 g/mol. The molecular weight excluding hydrogens is 318 g/mol. The smallest absolute Gasteiger partial charge is 0.192 e. The SMILES string of the molecule is COc1ccc(Cn2nc(C)nc2[C@H]2COc3ccccc3O2)cc1. The minimum atomic E-state index is -0.283. The summed E-state index contributed by atoms with van der Waals surface area (Å²) in [6, 6.07) is 15.6. The van der Waals surface area contributed by atoms with E-state index in [-0.39, 0.29) is 6.10 Å². The lowest BCUT2D eigenvalue weighted by Crippen LogP contribution is -2.25. The summed E-state index contributed by atoms with van der Waals surface area (Å²) in [6.07, 6.45) is -0.283. The Kier molecular flexibility index (Phi) is 4.01. The monoisotopic (exact) mass is 337 g/mol. The van der Waals surface area contributed by atoms with Gasteiger partial charge in [0.2, 0.25) is 0 Å². The molecule has 0 aliphatic carbocycles. The van der Waals surface area contributed by atoms with Crippen LogP contribution in [0.5, 0.6) is 17.2 Å². The molecule has 0 saturated heterocycles. The van der Waals surface area contributed by atoms with Crippen molar-refractivity contribution < 1.29 is 14.2 Å². The average Bonchev–Trinajstić information content (AvgIpc) is 3.02. The Morgan fingerprint density at radius 3 is 2.64 bits per heavy atom. The molecule has 1 atom stereocenters. The van der Waals surface area contributed by atoms with Crippen LogP contribution < -0.4 is 14.2 Å². The van der Waals surface area contributed by atoms with E-state index in [1.807, 2.05) is 60.1 Å². The highest BCUT2D eigenvalue weighted by atomic mass is 16.6. The molecule has 0 N–H and O–H groups in total. The zero-order valence-electron chi connectivity index (χ0n) is 14.2. The number of hydrogen-bond donors (Lipinski definition) is 0. The first kappa shape index (κ1) is 15.5. The van der Waals surface area contributed by atoms with E-state index in [9.17, 15) is 0 Å². The second-order valence-electron chi connectivity index (χ2n) is 5.89. The van der Waals surface area contributed by atoms with Crippen LogP contribution in [0.1, 0.15) is 23.3 Å². The van der Waals surface area contributed by atoms with Crippen molar-refractivity contribution in [2.24, 2.45) is 0 Å². The summed E-state index contributed by atoms with van der Waals surface area (Å²) in [5.74, 6) is 3.81. The van der Waals surface area contributed by atoms with E-state index >= 15 is 0 Å². The van der Waals surface area contributed by atoms with E-state index in [0.717, 1.165) is 28.6 Å². The van der Waals surface area contributed by atoms with Gasteiger partial charge >= 0.3 is 0 Å². The molecule has 0 saturated carbocycles. The summed E-state index contributed by atoms with van der Waals surface area (Å²) in [5.41, 5.74) is 1.11. The Morgan fingerprint density at radius 2 is 1.88 bits per heavy atom. The minimum Gasteiger partial charge on any atom is -0.497 e. The van der Waals surface area contributed by atoms with Crippen LogP contribution in [-0.2, 0) is 6.54 Å². The fraction of sp³-hybridized carbons (Fsp3) is 0.263. The molecule has 6 nitrogen and oxygen atoms in total. The Balaban J connectivity index is 1.59. The highest BCUT2D eigenvalue weighted by molar-refractivity contribution is 5.41. The fourth-order valence-electron chi connectivity index (χ4n) is 2.88. The predicted molar refractivity (Wildman–Crippen MR) is 92.2 cm³/mol. The highest BCUT2D eigenvalue weighted by Gasteiger charge is 2.27. The van der Waals surface area contributed by atoms with Crippen LogP contribution in [0.4, 0.5) is 0 Å². The molecule has 25 heavy (non-hydrogen) atoms. The van der Waals surface area contributed by atoms with Gasteiger partial charge < -0.3 is 14.2 Å². The lowest BCUT2D eigenvalue weighted by molar-refractivity contribution is 0.0819. The van der Waals surface area contributed by atoms with Gasteiger partial charge in [-0.25, -0.2) is 9.67 Å². The molecule has 0 unspecified atom stereocenters. The van der Waals surface area contributed by atoms with Crippen LogP contribution in [0.3, 0.4) is 0 Å². The maximum absolute atomic E-state index is 6.08. The summed E-state index contributed by atoms with van der Waals surface area (Å²) in [5, 5.41) is 4.52. The minimum absolute atomic E-state index is 0.283. The van der Waals surface area contributed by atoms with Gasteiger partial charge in [0.05, 0.1) is 13.7 Å². The van der Waals surface area contributed by atoms with Crippen LogP contribution in [0.25, 0.3) is 0 Å². The quantitative estimate of drug-likeness (QED) is 0.732. The normalized spacial score (nSPS) is 15.8. The van der Waals surface area contributed by atoms with Gasteiger partial charge in [-0.2, -0.15) is 5.10 Å². The second-order valence-corrected chi connectivity index (χ2v) is 5.89. The van der Waals surface area contributed by atoms with E-state index in [2.05, 4.69) is 10.1 Å². The molecule has 1 aliphatic rings. The fourth-order valence-corrected chi connectivity index (χ4v) is 2.88. The third-order valence-electron chi connectivity index (χ3n) is 4.09. The molecule has 4 rings (SSSR count). The van der Waals surface area contributed by atoms with Crippen LogP contribution in [0, 0.1) is 6.92 Å². The number of aryl methyl sites for hydroxylation is 1. The molecule has 128 valence electrons. The predicted octanol–water partition coefficient (Wildman–Crippen LogP) is 3.16. The van der Waals surface area contributed by atoms with Crippen LogP contribution in [0.15, 0.2) is 48.5 Å². The first-order chi connectivity index (χ1) is 12.2. The molecule has 0 amide bonds. The number of benzene rings is 2. The van der Waals surface area contributed by atoms with Gasteiger partial charge in [-0.15, -0.1) is 0 Å². The van der Waals surface area contributed by atoms with Gasteiger partial charge in [-0.1, -0.05) is 24.3 Å². The number of nitrogens with zero attached hydrogens (tertiary/aromatic N) is 3. The van der Waals surface area contributed by atoms with Gasteiger partial charge in [0, 0.05) is 0 Å². The topological polar surface area (TPSA) is 58.4 Å². The van der Waals surface area contributed by atoms with E-state index < -0.39 is 0 Å². The van der Waals surface area contributed by atoms with Crippen molar-refractivity contribution in [2.45, 2.75) is 19.6 Å². The number of hydrogen-bond acceptors (Lipinski definition) is 5. The zero-order valence-corrected chi connectivity index (χ0v) is 14.2. The van der Waals surface area contributed by atoms with E-state index in [4.69, 9.17) is 14.2 Å². The second kappa shape index (κ2) is 6.47. The number of fused-ring (bicyclic) bond motifs is 1. The molecule has 0 bridgehead atoms.